The highest BCUT2D eigenvalue weighted by Gasteiger charge is 2.31. The molecule has 4 rings (SSSR count). The lowest BCUT2D eigenvalue weighted by Gasteiger charge is -2.10. The van der Waals surface area contributed by atoms with Crippen LogP contribution in [-0.2, 0) is 11.2 Å². The second-order valence-electron chi connectivity index (χ2n) is 7.20. The van der Waals surface area contributed by atoms with Crippen molar-refractivity contribution in [1.82, 2.24) is 5.16 Å². The Bertz CT molecular complexity index is 1260. The minimum Gasteiger partial charge on any atom is -0.497 e. The number of fused-ring (bicyclic) bond motifs is 1. The number of Topliss-reactive ketones (excluding diaryl/α,β-unsaturated/α-hetero) is 1. The number of rotatable bonds is 7. The van der Waals surface area contributed by atoms with E-state index in [1.54, 1.807) is 56.5 Å². The smallest absolute Gasteiger partial charge is 0.311 e. The Labute approximate surface area is 194 Å². The number of methoxy groups -OCH3 is 2. The van der Waals surface area contributed by atoms with Gasteiger partial charge in [0.2, 0.25) is 5.78 Å². The van der Waals surface area contributed by atoms with Gasteiger partial charge >= 0.3 is 5.97 Å². The van der Waals surface area contributed by atoms with Gasteiger partial charge in [0.15, 0.2) is 10.9 Å². The van der Waals surface area contributed by atoms with E-state index in [1.165, 1.54) is 7.11 Å². The van der Waals surface area contributed by atoms with Crippen molar-refractivity contribution in [2.75, 3.05) is 14.2 Å². The lowest BCUT2D eigenvalue weighted by atomic mass is 10.1. The molecule has 0 atom stereocenters. The lowest BCUT2D eigenvalue weighted by Crippen LogP contribution is -2.10. The predicted octanol–water partition coefficient (Wildman–Crippen LogP) is 4.81. The molecule has 0 radical (unpaired) electrons. The van der Waals surface area contributed by atoms with Crippen molar-refractivity contribution in [3.8, 4) is 23.0 Å². The molecule has 0 unspecified atom stereocenters. The number of benzene rings is 2. The summed E-state index contributed by atoms with van der Waals surface area (Å²) in [5.74, 6) is 1.72. The third-order valence-electron chi connectivity index (χ3n) is 5.09. The van der Waals surface area contributed by atoms with E-state index < -0.39 is 5.97 Å². The summed E-state index contributed by atoms with van der Waals surface area (Å²) in [5.41, 5.74) is 1.59. The number of ketones is 1. The Morgan fingerprint density at radius 1 is 1.12 bits per heavy atom. The summed E-state index contributed by atoms with van der Waals surface area (Å²) in [6.45, 7) is 1.72. The monoisotopic (exact) mass is 469 g/mol. The normalized spacial score (nSPS) is 13.6. The molecule has 0 spiro atoms. The Kier molecular flexibility index (Phi) is 6.37. The summed E-state index contributed by atoms with van der Waals surface area (Å²) in [6, 6.07) is 9.95. The summed E-state index contributed by atoms with van der Waals surface area (Å²) in [5, 5.41) is 3.79. The minimum atomic E-state index is -0.464. The molecule has 1 aromatic heterocycles. The zero-order chi connectivity index (χ0) is 23.5. The first-order valence-electron chi connectivity index (χ1n) is 10.0. The number of hydrogen-bond acceptors (Lipinski definition) is 8. The largest absolute Gasteiger partial charge is 0.497 e. The Balaban J connectivity index is 1.51. The number of aromatic nitrogens is 1. The van der Waals surface area contributed by atoms with Gasteiger partial charge < -0.3 is 23.5 Å². The maximum absolute atomic E-state index is 12.9. The number of allylic oxidation sites excluding steroid dienone is 1. The number of carbonyl (C=O) groups is 2. The van der Waals surface area contributed by atoms with Crippen molar-refractivity contribution in [2.45, 2.75) is 19.8 Å². The highest BCUT2D eigenvalue weighted by atomic mass is 35.5. The molecule has 8 nitrogen and oxygen atoms in total. The highest BCUT2D eigenvalue weighted by molar-refractivity contribution is 6.29. The first-order chi connectivity index (χ1) is 15.9. The first-order valence-corrected chi connectivity index (χ1v) is 10.4. The zero-order valence-electron chi connectivity index (χ0n) is 18.1. The number of esters is 1. The number of carbonyl (C=O) groups excluding carboxylic acids is 2. The molecular weight excluding hydrogens is 450 g/mol. The fourth-order valence-corrected chi connectivity index (χ4v) is 3.52. The van der Waals surface area contributed by atoms with E-state index >= 15 is 0 Å². The summed E-state index contributed by atoms with van der Waals surface area (Å²) in [6.07, 6.45) is 1.98. The SMILES string of the molecule is COc1ccc(/C=C2\Oc3c(ccc(OC(=O)CCc4cc(Cl)no4)c3C)C2=O)c(OC)c1. The van der Waals surface area contributed by atoms with E-state index in [0.29, 0.717) is 51.9 Å². The minimum absolute atomic E-state index is 0.0737. The van der Waals surface area contributed by atoms with Crippen molar-refractivity contribution < 1.29 is 33.1 Å². The molecule has 170 valence electrons. The van der Waals surface area contributed by atoms with Crippen molar-refractivity contribution >= 4 is 29.4 Å². The van der Waals surface area contributed by atoms with Crippen LogP contribution in [0.4, 0.5) is 0 Å². The number of halogens is 1. The average molecular weight is 470 g/mol. The van der Waals surface area contributed by atoms with Crippen molar-refractivity contribution in [2.24, 2.45) is 0 Å². The van der Waals surface area contributed by atoms with Crippen LogP contribution < -0.4 is 18.9 Å². The van der Waals surface area contributed by atoms with E-state index in [0.717, 1.165) is 0 Å². The summed E-state index contributed by atoms with van der Waals surface area (Å²) < 4.78 is 26.9. The quantitative estimate of drug-likeness (QED) is 0.276. The molecule has 0 fully saturated rings. The lowest BCUT2D eigenvalue weighted by molar-refractivity contribution is -0.134. The maximum Gasteiger partial charge on any atom is 0.311 e. The van der Waals surface area contributed by atoms with Gasteiger partial charge in [-0.1, -0.05) is 16.8 Å². The van der Waals surface area contributed by atoms with Crippen LogP contribution in [0.1, 0.15) is 33.7 Å². The first kappa shape index (κ1) is 22.4. The molecule has 0 aliphatic carbocycles. The van der Waals surface area contributed by atoms with Crippen molar-refractivity contribution in [3.63, 3.8) is 0 Å². The fraction of sp³-hybridized carbons (Fsp3) is 0.208. The summed E-state index contributed by atoms with van der Waals surface area (Å²) in [7, 11) is 3.09. The van der Waals surface area contributed by atoms with Gasteiger partial charge in [-0.3, -0.25) is 9.59 Å². The van der Waals surface area contributed by atoms with Gasteiger partial charge in [0.05, 0.1) is 26.2 Å². The molecular formula is C24H20ClNO7. The van der Waals surface area contributed by atoms with Gasteiger partial charge in [0.1, 0.15) is 28.8 Å². The molecule has 0 saturated carbocycles. The Hall–Kier alpha value is -3.78. The van der Waals surface area contributed by atoms with Gasteiger partial charge in [-0.05, 0) is 37.3 Å². The van der Waals surface area contributed by atoms with Crippen molar-refractivity contribution in [1.29, 1.82) is 0 Å². The second-order valence-corrected chi connectivity index (χ2v) is 7.59. The molecule has 0 saturated heterocycles. The second kappa shape index (κ2) is 9.38. The van der Waals surface area contributed by atoms with Crippen LogP contribution in [0, 0.1) is 6.92 Å². The van der Waals surface area contributed by atoms with Crippen LogP contribution in [0.3, 0.4) is 0 Å². The van der Waals surface area contributed by atoms with Crippen LogP contribution in [0.15, 0.2) is 46.7 Å². The number of nitrogens with zero attached hydrogens (tertiary/aromatic N) is 1. The predicted molar refractivity (Wildman–Crippen MR) is 119 cm³/mol. The van der Waals surface area contributed by atoms with Gasteiger partial charge in [-0.15, -0.1) is 0 Å². The van der Waals surface area contributed by atoms with Crippen LogP contribution in [0.2, 0.25) is 5.15 Å². The molecule has 0 N–H and O–H groups in total. The van der Waals surface area contributed by atoms with Gasteiger partial charge in [-0.2, -0.15) is 0 Å². The molecule has 0 amide bonds. The third kappa shape index (κ3) is 4.70. The maximum atomic E-state index is 12.9. The van der Waals surface area contributed by atoms with Gasteiger partial charge in [0.25, 0.3) is 0 Å². The standard InChI is InChI=1S/C24H20ClNO7/c1-13-18(31-22(27)9-6-16-12-21(25)26-33-16)8-7-17-23(28)20(32-24(13)17)10-14-4-5-15(29-2)11-19(14)30-3/h4-5,7-8,10-12H,6,9H2,1-3H3/b20-10-. The Morgan fingerprint density at radius 2 is 1.94 bits per heavy atom. The molecule has 0 bridgehead atoms. The van der Waals surface area contributed by atoms with Gasteiger partial charge in [0, 0.05) is 29.7 Å². The summed E-state index contributed by atoms with van der Waals surface area (Å²) in [4.78, 5) is 25.2. The summed E-state index contributed by atoms with van der Waals surface area (Å²) >= 11 is 5.71. The third-order valence-corrected chi connectivity index (χ3v) is 5.27. The number of aryl methyl sites for hydroxylation is 1. The van der Waals surface area contributed by atoms with E-state index in [9.17, 15) is 9.59 Å². The average Bonchev–Trinajstić information content (AvgIpc) is 3.37. The zero-order valence-corrected chi connectivity index (χ0v) is 18.9. The topological polar surface area (TPSA) is 97.1 Å². The number of ether oxygens (including phenoxy) is 4. The van der Waals surface area contributed by atoms with E-state index in [2.05, 4.69) is 5.16 Å². The van der Waals surface area contributed by atoms with E-state index in [1.807, 2.05) is 0 Å². The number of hydrogen-bond donors (Lipinski definition) is 0. The van der Waals surface area contributed by atoms with Gasteiger partial charge in [-0.25, -0.2) is 0 Å². The Morgan fingerprint density at radius 3 is 2.64 bits per heavy atom. The molecule has 1 aliphatic rings. The van der Waals surface area contributed by atoms with E-state index in [-0.39, 0.29) is 23.1 Å². The molecule has 2 aromatic carbocycles. The molecule has 3 aromatic rings. The van der Waals surface area contributed by atoms with Crippen molar-refractivity contribution in [3.05, 3.63) is 69.8 Å². The highest BCUT2D eigenvalue weighted by Crippen LogP contribution is 2.40. The fourth-order valence-electron chi connectivity index (χ4n) is 3.36. The molecule has 33 heavy (non-hydrogen) atoms. The molecule has 1 aliphatic heterocycles. The molecule has 9 heteroatoms. The van der Waals surface area contributed by atoms with Crippen LogP contribution in [0.25, 0.3) is 6.08 Å². The molecule has 2 heterocycles. The van der Waals surface area contributed by atoms with E-state index in [4.69, 9.17) is 35.1 Å². The van der Waals surface area contributed by atoms with Crippen LogP contribution in [0.5, 0.6) is 23.0 Å². The van der Waals surface area contributed by atoms with Crippen LogP contribution in [-0.4, -0.2) is 31.1 Å². The van der Waals surface area contributed by atoms with Crippen LogP contribution >= 0.6 is 11.6 Å².